The van der Waals surface area contributed by atoms with Crippen LogP contribution in [0.25, 0.3) is 0 Å². The number of hydrogen-bond donors (Lipinski definition) is 1. The van der Waals surface area contributed by atoms with E-state index in [1.165, 1.54) is 38.2 Å². The SMILES string of the molecule is CC(C)(C)NCC(Cc1cccc(F)c1)C1CCCCC1. The fraction of sp³-hybridized carbons (Fsp3) is 0.684. The molecule has 1 nitrogen and oxygen atoms in total. The molecule has 2 heteroatoms. The van der Waals surface area contributed by atoms with Crippen molar-refractivity contribution in [3.8, 4) is 0 Å². The number of hydrogen-bond acceptors (Lipinski definition) is 1. The van der Waals surface area contributed by atoms with Crippen LogP contribution in [0.2, 0.25) is 0 Å². The van der Waals surface area contributed by atoms with Gasteiger partial charge in [-0.3, -0.25) is 0 Å². The molecule has 0 bridgehead atoms. The molecule has 118 valence electrons. The van der Waals surface area contributed by atoms with E-state index in [2.05, 4.69) is 32.2 Å². The topological polar surface area (TPSA) is 12.0 Å². The van der Waals surface area contributed by atoms with Gasteiger partial charge in [0.05, 0.1) is 0 Å². The summed E-state index contributed by atoms with van der Waals surface area (Å²) < 4.78 is 13.4. The molecule has 0 spiro atoms. The second kappa shape index (κ2) is 7.40. The van der Waals surface area contributed by atoms with E-state index in [-0.39, 0.29) is 11.4 Å². The Bertz CT molecular complexity index is 429. The third kappa shape index (κ3) is 5.78. The van der Waals surface area contributed by atoms with Gasteiger partial charge in [-0.05, 0) is 63.3 Å². The highest BCUT2D eigenvalue weighted by Gasteiger charge is 2.25. The van der Waals surface area contributed by atoms with E-state index in [0.29, 0.717) is 5.92 Å². The molecule has 1 N–H and O–H groups in total. The largest absolute Gasteiger partial charge is 0.312 e. The van der Waals surface area contributed by atoms with Gasteiger partial charge in [-0.25, -0.2) is 4.39 Å². The molecule has 1 aromatic carbocycles. The fourth-order valence-electron chi connectivity index (χ4n) is 3.42. The summed E-state index contributed by atoms with van der Waals surface area (Å²) in [7, 11) is 0. The van der Waals surface area contributed by atoms with Gasteiger partial charge in [0, 0.05) is 5.54 Å². The van der Waals surface area contributed by atoms with Crippen LogP contribution in [0.4, 0.5) is 4.39 Å². The Labute approximate surface area is 129 Å². The van der Waals surface area contributed by atoms with Crippen molar-refractivity contribution in [2.24, 2.45) is 11.8 Å². The molecule has 1 saturated carbocycles. The predicted molar refractivity (Wildman–Crippen MR) is 87.9 cm³/mol. The van der Waals surface area contributed by atoms with Crippen LogP contribution in [0.3, 0.4) is 0 Å². The zero-order chi connectivity index (χ0) is 15.3. The highest BCUT2D eigenvalue weighted by molar-refractivity contribution is 5.17. The third-order valence-corrected chi connectivity index (χ3v) is 4.60. The Kier molecular flexibility index (Phi) is 5.80. The average molecular weight is 291 g/mol. The van der Waals surface area contributed by atoms with Crippen molar-refractivity contribution in [3.05, 3.63) is 35.6 Å². The molecular formula is C19H30FN. The van der Waals surface area contributed by atoms with Crippen LogP contribution in [0, 0.1) is 17.7 Å². The van der Waals surface area contributed by atoms with Crippen LogP contribution in [-0.2, 0) is 6.42 Å². The molecule has 0 heterocycles. The standard InChI is InChI=1S/C19H30FN/c1-19(2,3)21-14-17(16-9-5-4-6-10-16)12-15-8-7-11-18(20)13-15/h7-8,11,13,16-17,21H,4-6,9-10,12,14H2,1-3H3. The summed E-state index contributed by atoms with van der Waals surface area (Å²) in [5.74, 6) is 1.29. The van der Waals surface area contributed by atoms with Crippen molar-refractivity contribution in [3.63, 3.8) is 0 Å². The van der Waals surface area contributed by atoms with Gasteiger partial charge < -0.3 is 5.32 Å². The molecule has 1 aliphatic rings. The van der Waals surface area contributed by atoms with Gasteiger partial charge in [0.15, 0.2) is 0 Å². The van der Waals surface area contributed by atoms with E-state index in [0.717, 1.165) is 24.4 Å². The minimum absolute atomic E-state index is 0.112. The third-order valence-electron chi connectivity index (χ3n) is 4.60. The molecule has 21 heavy (non-hydrogen) atoms. The molecule has 1 aliphatic carbocycles. The van der Waals surface area contributed by atoms with Crippen LogP contribution < -0.4 is 5.32 Å². The summed E-state index contributed by atoms with van der Waals surface area (Å²) in [6.45, 7) is 7.68. The van der Waals surface area contributed by atoms with Gasteiger partial charge in [0.25, 0.3) is 0 Å². The van der Waals surface area contributed by atoms with Crippen molar-refractivity contribution in [1.82, 2.24) is 5.32 Å². The number of halogens is 1. The minimum Gasteiger partial charge on any atom is -0.312 e. The highest BCUT2D eigenvalue weighted by Crippen LogP contribution is 2.32. The number of rotatable bonds is 5. The fourth-order valence-corrected chi connectivity index (χ4v) is 3.42. The van der Waals surface area contributed by atoms with E-state index in [1.54, 1.807) is 6.07 Å². The second-order valence-electron chi connectivity index (χ2n) is 7.62. The minimum atomic E-state index is -0.112. The van der Waals surface area contributed by atoms with Crippen LogP contribution in [0.5, 0.6) is 0 Å². The zero-order valence-electron chi connectivity index (χ0n) is 13.8. The van der Waals surface area contributed by atoms with Crippen LogP contribution in [-0.4, -0.2) is 12.1 Å². The normalized spacial score (nSPS) is 18.7. The molecule has 2 rings (SSSR count). The van der Waals surface area contributed by atoms with Gasteiger partial charge in [-0.15, -0.1) is 0 Å². The maximum atomic E-state index is 13.4. The van der Waals surface area contributed by atoms with Crippen molar-refractivity contribution >= 4 is 0 Å². The Morgan fingerprint density at radius 1 is 1.19 bits per heavy atom. The molecule has 1 atom stereocenters. The first kappa shape index (κ1) is 16.5. The monoisotopic (exact) mass is 291 g/mol. The van der Waals surface area contributed by atoms with Crippen molar-refractivity contribution in [2.45, 2.75) is 64.8 Å². The second-order valence-corrected chi connectivity index (χ2v) is 7.62. The van der Waals surface area contributed by atoms with E-state index in [9.17, 15) is 4.39 Å². The first-order chi connectivity index (χ1) is 9.94. The van der Waals surface area contributed by atoms with Gasteiger partial charge >= 0.3 is 0 Å². The summed E-state index contributed by atoms with van der Waals surface area (Å²) in [4.78, 5) is 0. The van der Waals surface area contributed by atoms with Crippen LogP contribution in [0.1, 0.15) is 58.4 Å². The molecule has 0 amide bonds. The highest BCUT2D eigenvalue weighted by atomic mass is 19.1. The smallest absolute Gasteiger partial charge is 0.123 e. The summed E-state index contributed by atoms with van der Waals surface area (Å²) in [6.07, 6.45) is 7.78. The lowest BCUT2D eigenvalue weighted by molar-refractivity contribution is 0.225. The van der Waals surface area contributed by atoms with Crippen molar-refractivity contribution in [1.29, 1.82) is 0 Å². The molecular weight excluding hydrogens is 261 g/mol. The Morgan fingerprint density at radius 3 is 2.52 bits per heavy atom. The van der Waals surface area contributed by atoms with E-state index in [1.807, 2.05) is 6.07 Å². The summed E-state index contributed by atoms with van der Waals surface area (Å²) >= 11 is 0. The van der Waals surface area contributed by atoms with E-state index >= 15 is 0 Å². The van der Waals surface area contributed by atoms with Crippen LogP contribution >= 0.6 is 0 Å². The lowest BCUT2D eigenvalue weighted by Gasteiger charge is -2.33. The summed E-state index contributed by atoms with van der Waals surface area (Å²) in [6, 6.07) is 7.13. The zero-order valence-corrected chi connectivity index (χ0v) is 13.8. The molecule has 0 radical (unpaired) electrons. The molecule has 0 aromatic heterocycles. The maximum absolute atomic E-state index is 13.4. The van der Waals surface area contributed by atoms with E-state index in [4.69, 9.17) is 0 Å². The maximum Gasteiger partial charge on any atom is 0.123 e. The average Bonchev–Trinajstić information content (AvgIpc) is 2.43. The lowest BCUT2D eigenvalue weighted by atomic mass is 9.77. The molecule has 1 aromatic rings. The summed E-state index contributed by atoms with van der Waals surface area (Å²) in [5.41, 5.74) is 1.29. The van der Waals surface area contributed by atoms with Crippen molar-refractivity contribution < 1.29 is 4.39 Å². The van der Waals surface area contributed by atoms with Crippen LogP contribution in [0.15, 0.2) is 24.3 Å². The molecule has 1 unspecified atom stereocenters. The first-order valence-corrected chi connectivity index (χ1v) is 8.43. The number of benzene rings is 1. The van der Waals surface area contributed by atoms with Gasteiger partial charge in [0.1, 0.15) is 5.82 Å². The Hall–Kier alpha value is -0.890. The summed E-state index contributed by atoms with van der Waals surface area (Å²) in [5, 5.41) is 3.66. The van der Waals surface area contributed by atoms with Gasteiger partial charge in [-0.1, -0.05) is 44.2 Å². The number of nitrogens with one attached hydrogen (secondary N) is 1. The molecule has 0 aliphatic heterocycles. The molecule has 0 saturated heterocycles. The first-order valence-electron chi connectivity index (χ1n) is 8.43. The van der Waals surface area contributed by atoms with E-state index < -0.39 is 0 Å². The quantitative estimate of drug-likeness (QED) is 0.809. The Balaban J connectivity index is 2.03. The van der Waals surface area contributed by atoms with Crippen molar-refractivity contribution in [2.75, 3.05) is 6.54 Å². The van der Waals surface area contributed by atoms with Gasteiger partial charge in [0.2, 0.25) is 0 Å². The van der Waals surface area contributed by atoms with Gasteiger partial charge in [-0.2, -0.15) is 0 Å². The molecule has 1 fully saturated rings. The Morgan fingerprint density at radius 2 is 1.90 bits per heavy atom. The predicted octanol–water partition coefficient (Wildman–Crippen LogP) is 4.95. The lowest BCUT2D eigenvalue weighted by Crippen LogP contribution is -2.41.